The first-order chi connectivity index (χ1) is 55.2. The summed E-state index contributed by atoms with van der Waals surface area (Å²) in [6.07, 6.45) is 60.3. The molecule has 584 valence electrons. The second-order valence-corrected chi connectivity index (χ2v) is 41.8. The van der Waals surface area contributed by atoms with Crippen LogP contribution >= 0.6 is 113 Å². The van der Waals surface area contributed by atoms with E-state index in [0.29, 0.717) is 10.8 Å². The second-order valence-electron chi connectivity index (χ2n) is 32.6. The van der Waals surface area contributed by atoms with Crippen molar-refractivity contribution in [1.29, 1.82) is 0 Å². The molecule has 0 bridgehead atoms. The number of rotatable bonds is 34. The van der Waals surface area contributed by atoms with Gasteiger partial charge in [0.2, 0.25) is 0 Å². The molecule has 0 nitrogen and oxygen atoms in total. The lowest BCUT2D eigenvalue weighted by Crippen LogP contribution is -2.27. The van der Waals surface area contributed by atoms with Crippen LogP contribution in [-0.4, -0.2) is 0 Å². The zero-order valence-corrected chi connectivity index (χ0v) is 75.0. The zero-order valence-electron chi connectivity index (χ0n) is 66.8. The average molecular weight is 1660 g/mol. The maximum atomic E-state index is 5.36. The Hall–Kier alpha value is -5.70. The Morgan fingerprint density at radius 3 is 0.938 bits per heavy atom. The van der Waals surface area contributed by atoms with Crippen molar-refractivity contribution < 1.29 is 0 Å². The fraction of sp³-hybridized carbons (Fsp3) is 0.431. The van der Waals surface area contributed by atoms with Gasteiger partial charge in [-0.05, 0) is 245 Å². The molecule has 6 aliphatic carbocycles. The van der Waals surface area contributed by atoms with Crippen LogP contribution in [0.4, 0.5) is 0 Å². The molecule has 0 unspecified atom stereocenters. The van der Waals surface area contributed by atoms with E-state index in [1.807, 2.05) is 119 Å². The van der Waals surface area contributed by atoms with Crippen LogP contribution in [0.2, 0.25) is 0 Å². The molecule has 0 saturated heterocycles. The summed E-state index contributed by atoms with van der Waals surface area (Å²) in [4.78, 5) is 15.3. The third-order valence-electron chi connectivity index (χ3n) is 25.8. The van der Waals surface area contributed by atoms with Crippen molar-refractivity contribution in [3.63, 3.8) is 0 Å². The highest BCUT2D eigenvalue weighted by atomic mass is 32.1. The van der Waals surface area contributed by atoms with Crippen LogP contribution in [0, 0.1) is 24.7 Å². The molecule has 1 saturated carbocycles. The van der Waals surface area contributed by atoms with Gasteiger partial charge in [0.15, 0.2) is 0 Å². The van der Waals surface area contributed by atoms with Gasteiger partial charge in [-0.1, -0.05) is 242 Å². The number of allylic oxidation sites excluding steroid dienone is 1. The van der Waals surface area contributed by atoms with Gasteiger partial charge in [0, 0.05) is 83.3 Å². The maximum absolute atomic E-state index is 5.36. The SMILES string of the molecule is C#CCCCCCCCCC1(C)c2ccsc2-c2sccc21.C#CCCCCCCCCC1(CCCCCCCC)c2ccsc2-c2sccc21.C=CCCCCCCCCC1(C)c2ccsc2-c2sccc21.c1cc2c(s1)-c1sccc1C21CCCCC1.c1ccc(C2(c3ccccc3)c3ccsc3-c3sccc32)cc1. The first-order valence-electron chi connectivity index (χ1n) is 42.6. The van der Waals surface area contributed by atoms with E-state index >= 15 is 0 Å². The lowest BCUT2D eigenvalue weighted by atomic mass is 9.68. The Balaban J connectivity index is 0.000000117. The van der Waals surface area contributed by atoms with Gasteiger partial charge in [0.1, 0.15) is 0 Å². The first-order valence-corrected chi connectivity index (χ1v) is 51.4. The van der Waals surface area contributed by atoms with Crippen LogP contribution in [0.5, 0.6) is 0 Å². The lowest BCUT2D eigenvalue weighted by molar-refractivity contribution is 0.353. The molecular formula is C102H116S10. The van der Waals surface area contributed by atoms with Gasteiger partial charge in [-0.25, -0.2) is 0 Å². The zero-order chi connectivity index (χ0) is 77.1. The van der Waals surface area contributed by atoms with Crippen LogP contribution in [0.1, 0.15) is 319 Å². The van der Waals surface area contributed by atoms with Crippen molar-refractivity contribution in [3.05, 3.63) is 255 Å². The fourth-order valence-corrected chi connectivity index (χ4v) is 30.9. The van der Waals surface area contributed by atoms with E-state index in [-0.39, 0.29) is 16.2 Å². The summed E-state index contributed by atoms with van der Waals surface area (Å²) in [5.74, 6) is 5.49. The molecule has 0 N–H and O–H groups in total. The minimum Gasteiger partial charge on any atom is -0.143 e. The summed E-state index contributed by atoms with van der Waals surface area (Å²) in [6, 6.07) is 45.6. The molecule has 1 spiro atoms. The van der Waals surface area contributed by atoms with E-state index in [1.165, 1.54) is 270 Å². The first kappa shape index (κ1) is 82.8. The summed E-state index contributed by atoms with van der Waals surface area (Å²) in [5, 5.41) is 22.7. The van der Waals surface area contributed by atoms with Gasteiger partial charge in [-0.3, -0.25) is 0 Å². The number of hydrogen-bond acceptors (Lipinski definition) is 10. The smallest absolute Gasteiger partial charge is 0.0730 e. The van der Waals surface area contributed by atoms with E-state index in [4.69, 9.17) is 12.8 Å². The number of terminal acetylenes is 2. The molecule has 6 aliphatic rings. The van der Waals surface area contributed by atoms with Crippen LogP contribution in [0.3, 0.4) is 0 Å². The van der Waals surface area contributed by atoms with Gasteiger partial charge >= 0.3 is 0 Å². The summed E-state index contributed by atoms with van der Waals surface area (Å²) in [5.41, 5.74) is 19.6. The summed E-state index contributed by atoms with van der Waals surface area (Å²) in [7, 11) is 0. The molecule has 10 heterocycles. The fourth-order valence-electron chi connectivity index (χ4n) is 19.9. The Morgan fingerprint density at radius 1 is 0.312 bits per heavy atom. The Bertz CT molecular complexity index is 4700. The Kier molecular flexibility index (Phi) is 29.6. The number of hydrogen-bond donors (Lipinski definition) is 0. The summed E-state index contributed by atoms with van der Waals surface area (Å²) in [6.45, 7) is 11.0. The van der Waals surface area contributed by atoms with Gasteiger partial charge in [0.05, 0.1) is 5.41 Å². The van der Waals surface area contributed by atoms with E-state index in [0.717, 1.165) is 12.8 Å². The quantitative estimate of drug-likeness (QED) is 0.0214. The number of unbranched alkanes of at least 4 members (excludes halogenated alkanes) is 23. The van der Waals surface area contributed by atoms with Crippen molar-refractivity contribution in [3.8, 4) is 73.5 Å². The number of fused-ring (bicyclic) bond motifs is 17. The molecule has 0 amide bonds. The van der Waals surface area contributed by atoms with Gasteiger partial charge in [0.25, 0.3) is 0 Å². The summed E-state index contributed by atoms with van der Waals surface area (Å²) < 4.78 is 0. The molecule has 0 atom stereocenters. The van der Waals surface area contributed by atoms with Crippen molar-refractivity contribution in [2.24, 2.45) is 0 Å². The highest BCUT2D eigenvalue weighted by Crippen LogP contribution is 2.63. The maximum Gasteiger partial charge on any atom is 0.0730 e. The second kappa shape index (κ2) is 40.0. The number of thiophene rings is 10. The minimum atomic E-state index is -0.173. The monoisotopic (exact) mass is 1660 g/mol. The highest BCUT2D eigenvalue weighted by Gasteiger charge is 2.49. The van der Waals surface area contributed by atoms with Crippen molar-refractivity contribution >= 4 is 113 Å². The van der Waals surface area contributed by atoms with Gasteiger partial charge in [-0.2, -0.15) is 0 Å². The molecule has 18 rings (SSSR count). The van der Waals surface area contributed by atoms with Crippen LogP contribution in [0.25, 0.3) is 48.8 Å². The lowest BCUT2D eigenvalue weighted by Gasteiger charge is -2.34. The van der Waals surface area contributed by atoms with E-state index in [2.05, 4.69) is 214 Å². The molecule has 10 aromatic heterocycles. The largest absolute Gasteiger partial charge is 0.143 e. The van der Waals surface area contributed by atoms with Crippen LogP contribution < -0.4 is 0 Å². The predicted molar refractivity (Wildman–Crippen MR) is 504 cm³/mol. The third kappa shape index (κ3) is 17.2. The Labute approximate surface area is 713 Å². The van der Waals surface area contributed by atoms with E-state index in [1.54, 1.807) is 64.0 Å². The molecule has 0 radical (unpaired) electrons. The predicted octanol–water partition coefficient (Wildman–Crippen LogP) is 35.0. The standard InChI is InChI=1S/C27H38S2.C21H14S2.C20H26S2.C20H24S2.C14H14S2/c1-3-5-7-9-11-12-14-16-20-27(19-15-13-10-8-6-4-2)23-17-21-28-25(23)26-24(27)18-22-29-26;1-3-7-15(8-4-1)21(16-9-5-2-6-10-16)17-11-13-22-19(17)20-18(21)12-14-23-20;2*1-3-4-5-6-7-8-9-10-13-20(2)16-11-14-21-18(16)19-17(20)12-15-22-19;1-2-6-14(7-3-1)10-4-8-15-12(10)13-11(14)5-9-16-13/h1,17-18,21-22H,4-16,19-20H2,2H3;1-14H;3,11-12,14-15H,1,4-10,13H2,2H3;1,11-12,14-15H,4-10,13H2,2H3;4-5,8-9H,1-3,6-7H2. The van der Waals surface area contributed by atoms with Crippen molar-refractivity contribution in [2.45, 2.75) is 279 Å². The van der Waals surface area contributed by atoms with Gasteiger partial charge in [-0.15, -0.1) is 145 Å². The van der Waals surface area contributed by atoms with Crippen molar-refractivity contribution in [2.75, 3.05) is 0 Å². The van der Waals surface area contributed by atoms with E-state index < -0.39 is 0 Å². The summed E-state index contributed by atoms with van der Waals surface area (Å²) >= 11 is 19.2. The van der Waals surface area contributed by atoms with Crippen molar-refractivity contribution in [1.82, 2.24) is 0 Å². The highest BCUT2D eigenvalue weighted by molar-refractivity contribution is 7.23. The molecule has 1 fully saturated rings. The average Bonchev–Trinajstić information content (AvgIpc) is 1.59. The van der Waals surface area contributed by atoms with E-state index in [9.17, 15) is 0 Å². The molecule has 12 aromatic rings. The molecular weight excluding hydrogens is 1550 g/mol. The normalized spacial score (nSPS) is 15.3. The molecule has 0 aliphatic heterocycles. The molecule has 2 aromatic carbocycles. The van der Waals surface area contributed by atoms with Crippen LogP contribution in [-0.2, 0) is 27.1 Å². The number of benzene rings is 2. The molecule has 10 heteroatoms. The third-order valence-corrected chi connectivity index (χ3v) is 35.7. The minimum absolute atomic E-state index is 0.173. The van der Waals surface area contributed by atoms with Gasteiger partial charge < -0.3 is 0 Å². The van der Waals surface area contributed by atoms with Crippen LogP contribution in [0.15, 0.2) is 188 Å². The Morgan fingerprint density at radius 2 is 0.589 bits per heavy atom. The molecule has 112 heavy (non-hydrogen) atoms. The topological polar surface area (TPSA) is 0 Å².